The number of anilines is 1. The van der Waals surface area contributed by atoms with Crippen LogP contribution in [0.5, 0.6) is 5.75 Å². The van der Waals surface area contributed by atoms with E-state index in [9.17, 15) is 9.18 Å². The zero-order valence-electron chi connectivity index (χ0n) is 13.8. The first-order chi connectivity index (χ1) is 11.8. The second-order valence-electron chi connectivity index (χ2n) is 5.57. The molecule has 0 aliphatic heterocycles. The van der Waals surface area contributed by atoms with Gasteiger partial charge in [0.05, 0.1) is 16.8 Å². The Labute approximate surface area is 168 Å². The Balaban J connectivity index is 1.84. The fraction of sp³-hybridized carbons (Fsp3) is 0.278. The maximum absolute atomic E-state index is 13.7. The number of halogens is 4. The van der Waals surface area contributed by atoms with Crippen molar-refractivity contribution in [1.29, 1.82) is 0 Å². The number of hydrogen-bond acceptors (Lipinski definition) is 2. The summed E-state index contributed by atoms with van der Waals surface area (Å²) in [5.41, 5.74) is 2.02. The van der Waals surface area contributed by atoms with Crippen LogP contribution >= 0.6 is 43.5 Å². The molecule has 0 heterocycles. The molecule has 2 aromatic rings. The highest BCUT2D eigenvalue weighted by Gasteiger charge is 2.12. The van der Waals surface area contributed by atoms with Crippen LogP contribution in [0.15, 0.2) is 33.2 Å². The molecule has 1 amide bonds. The van der Waals surface area contributed by atoms with Gasteiger partial charge >= 0.3 is 0 Å². The highest BCUT2D eigenvalue weighted by Crippen LogP contribution is 2.35. The van der Waals surface area contributed by atoms with Crippen LogP contribution in [0.25, 0.3) is 0 Å². The van der Waals surface area contributed by atoms with E-state index < -0.39 is 5.82 Å². The first-order valence-corrected chi connectivity index (χ1v) is 9.59. The third kappa shape index (κ3) is 5.43. The second kappa shape index (κ2) is 9.01. The van der Waals surface area contributed by atoms with Gasteiger partial charge in [-0.1, -0.05) is 27.5 Å². The van der Waals surface area contributed by atoms with Crippen molar-refractivity contribution in [3.05, 3.63) is 55.2 Å². The molecule has 0 spiro atoms. The van der Waals surface area contributed by atoms with Gasteiger partial charge in [0.15, 0.2) is 0 Å². The maximum atomic E-state index is 13.7. The normalized spacial score (nSPS) is 10.6. The lowest BCUT2D eigenvalue weighted by Gasteiger charge is -2.13. The summed E-state index contributed by atoms with van der Waals surface area (Å²) in [5, 5.41) is 3.26. The van der Waals surface area contributed by atoms with Crippen molar-refractivity contribution in [2.45, 2.75) is 26.7 Å². The van der Waals surface area contributed by atoms with Crippen molar-refractivity contribution in [2.24, 2.45) is 0 Å². The average Bonchev–Trinajstić information content (AvgIpc) is 2.56. The highest BCUT2D eigenvalue weighted by atomic mass is 79.9. The Morgan fingerprint density at radius 1 is 1.28 bits per heavy atom. The number of nitrogens with one attached hydrogen (secondary N) is 1. The molecule has 134 valence electrons. The van der Waals surface area contributed by atoms with E-state index >= 15 is 0 Å². The van der Waals surface area contributed by atoms with Gasteiger partial charge in [0.25, 0.3) is 0 Å². The Morgan fingerprint density at radius 3 is 2.68 bits per heavy atom. The highest BCUT2D eigenvalue weighted by molar-refractivity contribution is 9.10. The zero-order chi connectivity index (χ0) is 18.6. The molecule has 2 aromatic carbocycles. The van der Waals surface area contributed by atoms with Crippen molar-refractivity contribution in [1.82, 2.24) is 0 Å². The standard InChI is InChI=1S/C18H17Br2ClFNO2/c1-10-8-15(17(20)11(2)18(10)21)25-7-3-4-16(24)23-14-6-5-12(19)9-13(14)22/h5-6,8-9H,3-4,7H2,1-2H3,(H,23,24). The van der Waals surface area contributed by atoms with Gasteiger partial charge in [0.1, 0.15) is 11.6 Å². The monoisotopic (exact) mass is 491 g/mol. The minimum Gasteiger partial charge on any atom is -0.492 e. The Morgan fingerprint density at radius 2 is 2.00 bits per heavy atom. The van der Waals surface area contributed by atoms with E-state index in [1.807, 2.05) is 19.9 Å². The largest absolute Gasteiger partial charge is 0.492 e. The summed E-state index contributed by atoms with van der Waals surface area (Å²) in [6, 6.07) is 6.35. The van der Waals surface area contributed by atoms with Gasteiger partial charge in [-0.05, 0) is 71.6 Å². The third-order valence-corrected chi connectivity index (χ3v) is 5.64. The molecule has 0 aliphatic rings. The molecule has 0 bridgehead atoms. The van der Waals surface area contributed by atoms with Crippen LogP contribution in [0.2, 0.25) is 5.02 Å². The SMILES string of the molecule is Cc1cc(OCCCC(=O)Nc2ccc(Br)cc2F)c(Br)c(C)c1Cl. The van der Waals surface area contributed by atoms with Gasteiger partial charge in [0, 0.05) is 15.9 Å². The van der Waals surface area contributed by atoms with Crippen LogP contribution < -0.4 is 10.1 Å². The van der Waals surface area contributed by atoms with E-state index in [-0.39, 0.29) is 18.0 Å². The van der Waals surface area contributed by atoms with E-state index in [4.69, 9.17) is 16.3 Å². The lowest BCUT2D eigenvalue weighted by Crippen LogP contribution is -2.14. The number of rotatable bonds is 6. The summed E-state index contributed by atoms with van der Waals surface area (Å²) >= 11 is 12.8. The fourth-order valence-corrected chi connectivity index (χ4v) is 3.25. The first-order valence-electron chi connectivity index (χ1n) is 7.62. The van der Waals surface area contributed by atoms with Gasteiger partial charge in [-0.3, -0.25) is 4.79 Å². The molecule has 2 rings (SSSR count). The van der Waals surface area contributed by atoms with E-state index in [0.717, 1.165) is 15.6 Å². The summed E-state index contributed by atoms with van der Waals surface area (Å²) < 4.78 is 20.8. The molecule has 1 N–H and O–H groups in total. The summed E-state index contributed by atoms with van der Waals surface area (Å²) in [6.45, 7) is 4.19. The van der Waals surface area contributed by atoms with Gasteiger partial charge in [-0.15, -0.1) is 0 Å². The van der Waals surface area contributed by atoms with Crippen molar-refractivity contribution in [2.75, 3.05) is 11.9 Å². The molecule has 0 unspecified atom stereocenters. The second-order valence-corrected chi connectivity index (χ2v) is 7.66. The van der Waals surface area contributed by atoms with Crippen LogP contribution in [0.4, 0.5) is 10.1 Å². The average molecular weight is 494 g/mol. The Hall–Kier alpha value is -1.11. The Bertz CT molecular complexity index is 799. The summed E-state index contributed by atoms with van der Waals surface area (Å²) in [6.07, 6.45) is 0.746. The van der Waals surface area contributed by atoms with Crippen molar-refractivity contribution < 1.29 is 13.9 Å². The van der Waals surface area contributed by atoms with Gasteiger partial charge in [-0.2, -0.15) is 0 Å². The molecule has 3 nitrogen and oxygen atoms in total. The third-order valence-electron chi connectivity index (χ3n) is 3.58. The van der Waals surface area contributed by atoms with Gasteiger partial charge in [0.2, 0.25) is 5.91 Å². The number of carbonyl (C=O) groups excluding carboxylic acids is 1. The molecule has 0 radical (unpaired) electrons. The molecule has 0 atom stereocenters. The van der Waals surface area contributed by atoms with Crippen molar-refractivity contribution >= 4 is 55.1 Å². The van der Waals surface area contributed by atoms with Gasteiger partial charge in [-0.25, -0.2) is 4.39 Å². The van der Waals surface area contributed by atoms with E-state index in [1.165, 1.54) is 12.1 Å². The number of hydrogen-bond donors (Lipinski definition) is 1. The number of ether oxygens (including phenoxy) is 1. The number of amides is 1. The summed E-state index contributed by atoms with van der Waals surface area (Å²) in [5.74, 6) is -0.0406. The van der Waals surface area contributed by atoms with Crippen LogP contribution in [0.1, 0.15) is 24.0 Å². The van der Waals surface area contributed by atoms with E-state index in [2.05, 4.69) is 37.2 Å². The smallest absolute Gasteiger partial charge is 0.224 e. The minimum atomic E-state index is -0.477. The molecule has 0 fully saturated rings. The zero-order valence-corrected chi connectivity index (χ0v) is 17.7. The summed E-state index contributed by atoms with van der Waals surface area (Å²) in [7, 11) is 0. The number of aryl methyl sites for hydroxylation is 1. The first kappa shape index (κ1) is 20.2. The molecule has 7 heteroatoms. The van der Waals surface area contributed by atoms with Gasteiger partial charge < -0.3 is 10.1 Å². The van der Waals surface area contributed by atoms with Crippen LogP contribution in [0, 0.1) is 19.7 Å². The van der Waals surface area contributed by atoms with Crippen LogP contribution in [-0.2, 0) is 4.79 Å². The lowest BCUT2D eigenvalue weighted by atomic mass is 10.1. The molecule has 0 saturated heterocycles. The lowest BCUT2D eigenvalue weighted by molar-refractivity contribution is -0.116. The predicted octanol–water partition coefficient (Wildman–Crippen LogP) is 6.42. The van der Waals surface area contributed by atoms with Crippen LogP contribution in [-0.4, -0.2) is 12.5 Å². The molecule has 0 aromatic heterocycles. The summed E-state index contributed by atoms with van der Waals surface area (Å²) in [4.78, 5) is 11.9. The quantitative estimate of drug-likeness (QED) is 0.472. The molecule has 25 heavy (non-hydrogen) atoms. The van der Waals surface area contributed by atoms with Crippen LogP contribution in [0.3, 0.4) is 0 Å². The molecular formula is C18H17Br2ClFNO2. The molecule has 0 aliphatic carbocycles. The van der Waals surface area contributed by atoms with Crippen molar-refractivity contribution in [3.8, 4) is 5.75 Å². The number of benzene rings is 2. The maximum Gasteiger partial charge on any atom is 0.224 e. The Kier molecular flexibility index (Phi) is 7.28. The topological polar surface area (TPSA) is 38.3 Å². The van der Waals surface area contributed by atoms with Crippen molar-refractivity contribution in [3.63, 3.8) is 0 Å². The minimum absolute atomic E-state index is 0.167. The van der Waals surface area contributed by atoms with E-state index in [0.29, 0.717) is 28.3 Å². The van der Waals surface area contributed by atoms with E-state index in [1.54, 1.807) is 6.07 Å². The molecular weight excluding hydrogens is 476 g/mol. The predicted molar refractivity (Wildman–Crippen MR) is 106 cm³/mol. The fourth-order valence-electron chi connectivity index (χ4n) is 2.22. The number of carbonyl (C=O) groups is 1. The molecule has 0 saturated carbocycles.